The largest absolute Gasteiger partial charge is 0.503 e. The van der Waals surface area contributed by atoms with Gasteiger partial charge in [-0.2, -0.15) is 18.2 Å². The Morgan fingerprint density at radius 2 is 2.06 bits per heavy atom. The highest BCUT2D eigenvalue weighted by Gasteiger charge is 2.57. The number of carbonyl (C=O) groups excluding carboxylic acids is 2. The van der Waals surface area contributed by atoms with E-state index in [1.807, 2.05) is 0 Å². The topological polar surface area (TPSA) is 224 Å². The molecule has 0 spiro atoms. The maximum absolute atomic E-state index is 13.2. The van der Waals surface area contributed by atoms with E-state index in [2.05, 4.69) is 14.4 Å². The van der Waals surface area contributed by atoms with Gasteiger partial charge in [-0.15, -0.1) is 15.6 Å². The van der Waals surface area contributed by atoms with Crippen molar-refractivity contribution < 1.29 is 42.0 Å². The molecule has 196 valence electrons. The van der Waals surface area contributed by atoms with E-state index in [1.165, 1.54) is 19.2 Å². The highest BCUT2D eigenvalue weighted by Crippen LogP contribution is 2.40. The summed E-state index contributed by atoms with van der Waals surface area (Å²) in [5, 5.41) is 25.4. The number of rotatable bonds is 10. The van der Waals surface area contributed by atoms with E-state index in [0.717, 1.165) is 23.6 Å². The molecule has 0 aromatic carbocycles. The number of nitrogens with two attached hydrogens (primary N) is 1. The lowest BCUT2D eigenvalue weighted by atomic mass is 9.74. The van der Waals surface area contributed by atoms with Gasteiger partial charge >= 0.3 is 10.4 Å². The molecule has 2 aromatic heterocycles. The van der Waals surface area contributed by atoms with Crippen molar-refractivity contribution in [3.8, 4) is 5.75 Å². The fraction of sp³-hybridized carbons (Fsp3) is 0.421. The van der Waals surface area contributed by atoms with Gasteiger partial charge in [0.25, 0.3) is 5.91 Å². The minimum absolute atomic E-state index is 0.0417. The van der Waals surface area contributed by atoms with Crippen LogP contribution < -0.4 is 11.2 Å². The number of ketones is 1. The molecule has 1 saturated heterocycles. The summed E-state index contributed by atoms with van der Waals surface area (Å²) in [5.41, 5.74) is 3.29. The Hall–Kier alpha value is -3.54. The standard InChI is InChI=1S/C19H23N5O10S2/c1-4-15(11-6-12(25)14(27)7-23(11)29)33-22-16(10-8-35-18(20)21-10)13(26)5-9-17(28)24(19(9,2)3)34-36(30,31)32/h6-9,15,27,29H,4-5H2,1-3H3,(H2,20,21)(H,30,31,32)/b22-16-/t9-,15?/m1/s1. The number of nitrogen functional groups attached to an aromatic ring is 1. The van der Waals surface area contributed by atoms with Gasteiger partial charge in [-0.1, -0.05) is 12.1 Å². The smallest absolute Gasteiger partial charge is 0.418 e. The average Bonchev–Trinajstić information content (AvgIpc) is 3.21. The van der Waals surface area contributed by atoms with Gasteiger partial charge in [0.1, 0.15) is 11.4 Å². The maximum Gasteiger partial charge on any atom is 0.418 e. The summed E-state index contributed by atoms with van der Waals surface area (Å²) in [6, 6.07) is 0.945. The molecule has 0 aliphatic carbocycles. The van der Waals surface area contributed by atoms with Crippen LogP contribution in [-0.4, -0.2) is 61.0 Å². The molecule has 1 amide bonds. The Bertz CT molecular complexity index is 1380. The first-order valence-corrected chi connectivity index (χ1v) is 12.5. The highest BCUT2D eigenvalue weighted by atomic mass is 32.3. The van der Waals surface area contributed by atoms with E-state index in [-0.39, 0.29) is 28.7 Å². The molecule has 2 atom stereocenters. The van der Waals surface area contributed by atoms with Gasteiger partial charge in [-0.3, -0.25) is 18.9 Å². The summed E-state index contributed by atoms with van der Waals surface area (Å²) >= 11 is 1.01. The van der Waals surface area contributed by atoms with Gasteiger partial charge in [-0.25, -0.2) is 4.98 Å². The predicted molar refractivity (Wildman–Crippen MR) is 123 cm³/mol. The number of anilines is 1. The molecule has 1 unspecified atom stereocenters. The summed E-state index contributed by atoms with van der Waals surface area (Å²) in [5.74, 6) is -3.29. The van der Waals surface area contributed by atoms with Crippen molar-refractivity contribution in [1.29, 1.82) is 0 Å². The van der Waals surface area contributed by atoms with Gasteiger partial charge in [0.15, 0.2) is 28.5 Å². The molecule has 3 heterocycles. The van der Waals surface area contributed by atoms with Crippen LogP contribution in [0.4, 0.5) is 5.13 Å². The summed E-state index contributed by atoms with van der Waals surface area (Å²) in [6.45, 7) is 4.52. The third-order valence-electron chi connectivity index (χ3n) is 5.47. The van der Waals surface area contributed by atoms with E-state index >= 15 is 0 Å². The zero-order valence-electron chi connectivity index (χ0n) is 19.2. The number of thiazole rings is 1. The lowest BCUT2D eigenvalue weighted by Crippen LogP contribution is -2.68. The first-order chi connectivity index (χ1) is 16.7. The number of aromatic nitrogens is 2. The Labute approximate surface area is 208 Å². The van der Waals surface area contributed by atoms with E-state index in [0.29, 0.717) is 9.79 Å². The number of hydroxylamine groups is 2. The molecule has 1 aliphatic rings. The SMILES string of the molecule is CCC(O/N=C(\C(=O)C[C@@H]1C(=O)N(OS(=O)(=O)O)C1(C)C)c1csc(N)n1)c1cc(=O)c(O)cn1O. The van der Waals surface area contributed by atoms with Crippen LogP contribution in [-0.2, 0) is 29.1 Å². The normalized spacial score (nSPS) is 18.6. The minimum Gasteiger partial charge on any atom is -0.503 e. The molecule has 1 aliphatic heterocycles. The number of amides is 1. The van der Waals surface area contributed by atoms with Crippen LogP contribution in [0.5, 0.6) is 5.75 Å². The number of hydrogen-bond donors (Lipinski definition) is 4. The Morgan fingerprint density at radius 3 is 2.58 bits per heavy atom. The van der Waals surface area contributed by atoms with Gasteiger partial charge < -0.3 is 20.9 Å². The molecule has 0 saturated carbocycles. The van der Waals surface area contributed by atoms with Crippen molar-refractivity contribution in [2.24, 2.45) is 11.1 Å². The second kappa shape index (κ2) is 9.84. The second-order valence-corrected chi connectivity index (χ2v) is 10.2. The van der Waals surface area contributed by atoms with Crippen LogP contribution in [0, 0.1) is 5.92 Å². The van der Waals surface area contributed by atoms with Crippen molar-refractivity contribution in [2.45, 2.75) is 45.3 Å². The lowest BCUT2D eigenvalue weighted by molar-refractivity contribution is -0.228. The van der Waals surface area contributed by atoms with Crippen molar-refractivity contribution in [3.63, 3.8) is 0 Å². The van der Waals surface area contributed by atoms with E-state index in [9.17, 15) is 33.1 Å². The molecule has 0 bridgehead atoms. The Kier molecular flexibility index (Phi) is 7.40. The van der Waals surface area contributed by atoms with Crippen LogP contribution in [0.3, 0.4) is 0 Å². The zero-order chi connectivity index (χ0) is 27.0. The van der Waals surface area contributed by atoms with Crippen LogP contribution in [0.25, 0.3) is 0 Å². The molecular weight excluding hydrogens is 522 g/mol. The summed E-state index contributed by atoms with van der Waals surface area (Å²) in [6.07, 6.45) is -0.504. The second-order valence-electron chi connectivity index (χ2n) is 8.27. The van der Waals surface area contributed by atoms with Crippen LogP contribution in [0.1, 0.15) is 51.1 Å². The molecule has 3 rings (SSSR count). The number of pyridine rings is 1. The number of Topliss-reactive ketones (excluding diaryl/α,β-unsaturated/α-hetero) is 1. The van der Waals surface area contributed by atoms with E-state index in [4.69, 9.17) is 15.1 Å². The minimum atomic E-state index is -4.96. The van der Waals surface area contributed by atoms with Gasteiger partial charge in [0.05, 0.1) is 17.7 Å². The van der Waals surface area contributed by atoms with Gasteiger partial charge in [0.2, 0.25) is 5.43 Å². The zero-order valence-corrected chi connectivity index (χ0v) is 20.8. The number of carbonyl (C=O) groups is 2. The first kappa shape index (κ1) is 27.1. The van der Waals surface area contributed by atoms with Crippen LogP contribution in [0.15, 0.2) is 27.6 Å². The molecule has 17 heteroatoms. The monoisotopic (exact) mass is 545 g/mol. The van der Waals surface area contributed by atoms with Crippen LogP contribution in [0.2, 0.25) is 0 Å². The Balaban J connectivity index is 1.88. The molecule has 2 aromatic rings. The van der Waals surface area contributed by atoms with Crippen molar-refractivity contribution in [1.82, 2.24) is 14.8 Å². The fourth-order valence-electron chi connectivity index (χ4n) is 3.51. The fourth-order valence-corrected chi connectivity index (χ4v) is 4.51. The summed E-state index contributed by atoms with van der Waals surface area (Å²) < 4.78 is 35.7. The molecular formula is C19H23N5O10S2. The summed E-state index contributed by atoms with van der Waals surface area (Å²) in [4.78, 5) is 46.9. The third kappa shape index (κ3) is 5.48. The van der Waals surface area contributed by atoms with Gasteiger partial charge in [0, 0.05) is 17.9 Å². The number of oxime groups is 1. The predicted octanol–water partition coefficient (Wildman–Crippen LogP) is 0.633. The number of hydrogen-bond acceptors (Lipinski definition) is 13. The molecule has 0 radical (unpaired) electrons. The van der Waals surface area contributed by atoms with Crippen molar-refractivity contribution >= 4 is 44.3 Å². The average molecular weight is 546 g/mol. The van der Waals surface area contributed by atoms with Gasteiger partial charge in [-0.05, 0) is 20.3 Å². The number of β-lactam (4-membered cyclic amide) rings is 1. The highest BCUT2D eigenvalue weighted by molar-refractivity contribution is 7.80. The molecule has 36 heavy (non-hydrogen) atoms. The first-order valence-electron chi connectivity index (χ1n) is 10.3. The van der Waals surface area contributed by atoms with E-state index in [1.54, 1.807) is 6.92 Å². The summed E-state index contributed by atoms with van der Waals surface area (Å²) in [7, 11) is -4.96. The number of nitrogens with zero attached hydrogens (tertiary/aromatic N) is 4. The van der Waals surface area contributed by atoms with Crippen molar-refractivity contribution in [2.75, 3.05) is 5.73 Å². The maximum atomic E-state index is 13.2. The van der Waals surface area contributed by atoms with Crippen molar-refractivity contribution in [3.05, 3.63) is 39.3 Å². The molecule has 15 nitrogen and oxygen atoms in total. The number of aromatic hydroxyl groups is 1. The quantitative estimate of drug-likeness (QED) is 0.106. The Morgan fingerprint density at radius 1 is 1.39 bits per heavy atom. The van der Waals surface area contributed by atoms with Crippen LogP contribution >= 0.6 is 11.3 Å². The molecule has 5 N–H and O–H groups in total. The van der Waals surface area contributed by atoms with E-state index < -0.39 is 57.2 Å². The molecule has 1 fully saturated rings. The third-order valence-corrected chi connectivity index (χ3v) is 6.49. The lowest BCUT2D eigenvalue weighted by Gasteiger charge is -2.50.